The quantitative estimate of drug-likeness (QED) is 0.471. The number of carbonyl (C=O) groups excluding carboxylic acids is 1. The van der Waals surface area contributed by atoms with Gasteiger partial charge in [0.05, 0.1) is 5.54 Å². The van der Waals surface area contributed by atoms with E-state index in [1.54, 1.807) is 41.5 Å². The Labute approximate surface area is 167 Å². The summed E-state index contributed by atoms with van der Waals surface area (Å²) < 4.78 is 99.4. The van der Waals surface area contributed by atoms with E-state index in [-0.39, 0.29) is 12.8 Å². The Bertz CT molecular complexity index is 812. The zero-order valence-electron chi connectivity index (χ0n) is 17.2. The summed E-state index contributed by atoms with van der Waals surface area (Å²) in [5.41, 5.74) is 1.74. The van der Waals surface area contributed by atoms with Gasteiger partial charge in [-0.25, -0.2) is 0 Å². The normalized spacial score (nSPS) is 30.9. The maximum atomic E-state index is 14.1. The average Bonchev–Trinajstić information content (AvgIpc) is 3.26. The molecular weight excluding hydrogens is 421 g/mol. The second-order valence-corrected chi connectivity index (χ2v) is 12.2. The van der Waals surface area contributed by atoms with E-state index in [9.17, 15) is 35.2 Å². The number of ketones is 1. The first-order valence-corrected chi connectivity index (χ1v) is 10.6. The lowest BCUT2D eigenvalue weighted by Crippen LogP contribution is -2.61. The standard InChI is InChI=1S/C18H28F5NO4S/c1-13(2,3)8-16(24,14(4,5)6)12(25)15-7-9(15)10(15)11(17(19,20)21)18(22,23)29(26,27)28/h9-11H,7-8,24H2,1-6H3,(H,26,27,28). The van der Waals surface area contributed by atoms with Gasteiger partial charge in [0.25, 0.3) is 0 Å². The molecule has 5 nitrogen and oxygen atoms in total. The van der Waals surface area contributed by atoms with Crippen LogP contribution in [0.25, 0.3) is 0 Å². The van der Waals surface area contributed by atoms with Gasteiger partial charge < -0.3 is 5.73 Å². The first-order valence-electron chi connectivity index (χ1n) is 9.20. The minimum absolute atomic E-state index is 0.0518. The van der Waals surface area contributed by atoms with Crippen LogP contribution < -0.4 is 5.73 Å². The summed E-state index contributed by atoms with van der Waals surface area (Å²) in [7, 11) is -6.33. The minimum Gasteiger partial charge on any atom is -0.318 e. The second-order valence-electron chi connectivity index (χ2n) is 10.7. The molecule has 0 spiro atoms. The van der Waals surface area contributed by atoms with Crippen molar-refractivity contribution < 1.29 is 39.7 Å². The van der Waals surface area contributed by atoms with Crippen molar-refractivity contribution in [3.63, 3.8) is 0 Å². The number of halogens is 5. The van der Waals surface area contributed by atoms with Gasteiger partial charge in [0, 0.05) is 5.41 Å². The molecule has 2 saturated carbocycles. The van der Waals surface area contributed by atoms with Crippen LogP contribution >= 0.6 is 0 Å². The molecule has 2 aliphatic rings. The molecule has 2 fully saturated rings. The molecule has 3 N–H and O–H groups in total. The van der Waals surface area contributed by atoms with Gasteiger partial charge in [0.15, 0.2) is 5.78 Å². The summed E-state index contributed by atoms with van der Waals surface area (Å²) in [5, 5.41) is -5.46. The fourth-order valence-corrected chi connectivity index (χ4v) is 5.20. The summed E-state index contributed by atoms with van der Waals surface area (Å²) in [6, 6.07) is 0. The Morgan fingerprint density at radius 3 is 1.83 bits per heavy atom. The van der Waals surface area contributed by atoms with Crippen LogP contribution in [0.3, 0.4) is 0 Å². The van der Waals surface area contributed by atoms with Crippen molar-refractivity contribution >= 4 is 15.9 Å². The molecule has 0 aromatic rings. The number of Topliss-reactive ketones (excluding diaryl/α,β-unsaturated/α-hetero) is 1. The van der Waals surface area contributed by atoms with Gasteiger partial charge in [-0.15, -0.1) is 0 Å². The van der Waals surface area contributed by atoms with Crippen molar-refractivity contribution in [3.05, 3.63) is 0 Å². The molecule has 2 aliphatic carbocycles. The maximum absolute atomic E-state index is 14.1. The lowest BCUT2D eigenvalue weighted by molar-refractivity contribution is -0.231. The third-order valence-corrected chi connectivity index (χ3v) is 7.31. The molecule has 5 atom stereocenters. The van der Waals surface area contributed by atoms with Crippen molar-refractivity contribution in [2.24, 2.45) is 39.7 Å². The average molecular weight is 449 g/mol. The van der Waals surface area contributed by atoms with Crippen molar-refractivity contribution in [3.8, 4) is 0 Å². The Kier molecular flexibility index (Phi) is 5.16. The molecule has 0 heterocycles. The molecular formula is C18H28F5NO4S. The summed E-state index contributed by atoms with van der Waals surface area (Å²) in [6.45, 7) is 10.3. The monoisotopic (exact) mass is 449 g/mol. The van der Waals surface area contributed by atoms with Crippen LogP contribution in [0.2, 0.25) is 0 Å². The first kappa shape index (κ1) is 24.5. The van der Waals surface area contributed by atoms with Gasteiger partial charge in [-0.1, -0.05) is 41.5 Å². The van der Waals surface area contributed by atoms with Gasteiger partial charge in [0.1, 0.15) is 5.92 Å². The largest absolute Gasteiger partial charge is 0.399 e. The van der Waals surface area contributed by atoms with Crippen LogP contribution in [0.4, 0.5) is 22.0 Å². The fourth-order valence-electron chi connectivity index (χ4n) is 4.60. The number of nitrogens with two attached hydrogens (primary N) is 1. The van der Waals surface area contributed by atoms with E-state index in [0.717, 1.165) is 0 Å². The Hall–Kier alpha value is -0.810. The molecule has 0 amide bonds. The number of alkyl halides is 5. The number of hydrogen-bond donors (Lipinski definition) is 2. The Balaban J connectivity index is 2.49. The zero-order valence-corrected chi connectivity index (χ0v) is 18.0. The van der Waals surface area contributed by atoms with Gasteiger partial charge >= 0.3 is 21.5 Å². The van der Waals surface area contributed by atoms with Crippen LogP contribution in [0.15, 0.2) is 0 Å². The summed E-state index contributed by atoms with van der Waals surface area (Å²) in [6.07, 6.45) is -5.58. The molecule has 0 aromatic carbocycles. The van der Waals surface area contributed by atoms with E-state index >= 15 is 0 Å². The molecule has 0 aromatic heterocycles. The summed E-state index contributed by atoms with van der Waals surface area (Å²) in [5.74, 6) is -7.38. The number of hydrogen-bond acceptors (Lipinski definition) is 4. The number of carbonyl (C=O) groups is 1. The molecule has 170 valence electrons. The highest BCUT2D eigenvalue weighted by Crippen LogP contribution is 2.85. The highest BCUT2D eigenvalue weighted by Gasteiger charge is 2.91. The molecule has 11 heteroatoms. The van der Waals surface area contributed by atoms with Crippen LogP contribution in [0.5, 0.6) is 0 Å². The molecule has 5 unspecified atom stereocenters. The van der Waals surface area contributed by atoms with E-state index in [1.165, 1.54) is 0 Å². The molecule has 2 rings (SSSR count). The van der Waals surface area contributed by atoms with Crippen molar-refractivity contribution in [2.75, 3.05) is 0 Å². The maximum Gasteiger partial charge on any atom is 0.399 e. The predicted molar refractivity (Wildman–Crippen MR) is 95.5 cm³/mol. The highest BCUT2D eigenvalue weighted by atomic mass is 32.2. The fraction of sp³-hybridized carbons (Fsp3) is 0.944. The van der Waals surface area contributed by atoms with Crippen molar-refractivity contribution in [1.82, 2.24) is 0 Å². The minimum atomic E-state index is -6.33. The van der Waals surface area contributed by atoms with Crippen LogP contribution in [0.1, 0.15) is 54.4 Å². The van der Waals surface area contributed by atoms with E-state index < -0.39 is 66.9 Å². The number of fused-ring (bicyclic) bond motifs is 1. The Morgan fingerprint density at radius 2 is 1.55 bits per heavy atom. The molecule has 0 radical (unpaired) electrons. The van der Waals surface area contributed by atoms with E-state index in [2.05, 4.69) is 0 Å². The van der Waals surface area contributed by atoms with Crippen LogP contribution in [-0.2, 0) is 14.9 Å². The summed E-state index contributed by atoms with van der Waals surface area (Å²) in [4.78, 5) is 13.4. The third kappa shape index (κ3) is 3.71. The zero-order chi connectivity index (χ0) is 23.2. The number of rotatable bonds is 6. The van der Waals surface area contributed by atoms with Gasteiger partial charge in [-0.2, -0.15) is 30.4 Å². The van der Waals surface area contributed by atoms with Gasteiger partial charge in [-0.05, 0) is 35.5 Å². The molecule has 0 bridgehead atoms. The lowest BCUT2D eigenvalue weighted by atomic mass is 9.62. The molecule has 29 heavy (non-hydrogen) atoms. The summed E-state index contributed by atoms with van der Waals surface area (Å²) >= 11 is 0. The van der Waals surface area contributed by atoms with Crippen LogP contribution in [-0.4, -0.2) is 35.7 Å². The molecule has 0 aliphatic heterocycles. The third-order valence-electron chi connectivity index (χ3n) is 6.37. The van der Waals surface area contributed by atoms with Crippen molar-refractivity contribution in [1.29, 1.82) is 0 Å². The predicted octanol–water partition coefficient (Wildman–Crippen LogP) is 4.03. The Morgan fingerprint density at radius 1 is 1.10 bits per heavy atom. The first-order chi connectivity index (χ1) is 12.4. The SMILES string of the molecule is CC(C)(C)CC(N)(C(=O)C12CC1C2C(C(F)(F)F)C(F)(F)S(=O)(=O)O)C(C)(C)C. The topological polar surface area (TPSA) is 97.5 Å². The highest BCUT2D eigenvalue weighted by molar-refractivity contribution is 7.86. The smallest absolute Gasteiger partial charge is 0.318 e. The second kappa shape index (κ2) is 6.12. The molecule has 0 saturated heterocycles. The van der Waals surface area contributed by atoms with Crippen LogP contribution in [0, 0.1) is 34.0 Å². The van der Waals surface area contributed by atoms with Gasteiger partial charge in [0.2, 0.25) is 0 Å². The lowest BCUT2D eigenvalue weighted by Gasteiger charge is -2.45. The van der Waals surface area contributed by atoms with E-state index in [4.69, 9.17) is 10.3 Å². The van der Waals surface area contributed by atoms with Crippen molar-refractivity contribution in [2.45, 2.75) is 71.4 Å². The van der Waals surface area contributed by atoms with Gasteiger partial charge in [-0.3, -0.25) is 9.35 Å². The van der Waals surface area contributed by atoms with E-state index in [1.807, 2.05) is 0 Å². The van der Waals surface area contributed by atoms with E-state index in [0.29, 0.717) is 0 Å².